The van der Waals surface area contributed by atoms with Gasteiger partial charge < -0.3 is 10.8 Å². The van der Waals surface area contributed by atoms with E-state index in [-0.39, 0.29) is 61.7 Å². The Morgan fingerprint density at radius 3 is 1.37 bits per heavy atom. The van der Waals surface area contributed by atoms with E-state index < -0.39 is 5.60 Å². The number of nitrogen functional groups attached to an aromatic ring is 1. The van der Waals surface area contributed by atoms with Crippen LogP contribution in [0.25, 0.3) is 43.6 Å². The van der Waals surface area contributed by atoms with E-state index in [0.717, 1.165) is 33.4 Å². The second-order valence-corrected chi connectivity index (χ2v) is 13.4. The van der Waals surface area contributed by atoms with Crippen LogP contribution in [0.1, 0.15) is 32.0 Å². The van der Waals surface area contributed by atoms with Crippen molar-refractivity contribution in [3.05, 3.63) is 160 Å². The molecule has 0 fully saturated rings. The zero-order chi connectivity index (χ0) is 35.7. The fraction of sp³-hybridized carbons (Fsp3) is 0.122. The molecule has 0 spiro atoms. The second-order valence-electron chi connectivity index (χ2n) is 12.3. The number of aromatic nitrogens is 4. The fourth-order valence-corrected chi connectivity index (χ4v) is 5.30. The molecule has 0 unspecified atom stereocenters. The maximum absolute atomic E-state index is 10.1. The molecular formula is C41H35Cl3KN5O. The molecule has 6 aromatic carbocycles. The minimum Gasteiger partial charge on any atom is -0.850 e. The smallest absolute Gasteiger partial charge is 0.850 e. The van der Waals surface area contributed by atoms with Gasteiger partial charge in [0.05, 0.1) is 27.8 Å². The maximum atomic E-state index is 10.1. The van der Waals surface area contributed by atoms with Crippen LogP contribution in [-0.4, -0.2) is 25.5 Å². The summed E-state index contributed by atoms with van der Waals surface area (Å²) in [4.78, 5) is 17.2. The van der Waals surface area contributed by atoms with E-state index in [0.29, 0.717) is 11.6 Å². The zero-order valence-corrected chi connectivity index (χ0v) is 34.2. The maximum Gasteiger partial charge on any atom is 1.00 e. The van der Waals surface area contributed by atoms with Crippen molar-refractivity contribution in [2.24, 2.45) is 0 Å². The van der Waals surface area contributed by atoms with E-state index in [1.165, 1.54) is 27.1 Å². The van der Waals surface area contributed by atoms with Crippen LogP contribution in [0.3, 0.4) is 0 Å². The number of hydrogen-bond donors (Lipinski definition) is 1. The van der Waals surface area contributed by atoms with Gasteiger partial charge in [0, 0.05) is 12.1 Å². The van der Waals surface area contributed by atoms with Crippen LogP contribution in [0.4, 0.5) is 5.69 Å². The Hall–Kier alpha value is -3.21. The van der Waals surface area contributed by atoms with Gasteiger partial charge in [0.15, 0.2) is 15.5 Å². The summed E-state index contributed by atoms with van der Waals surface area (Å²) in [5.41, 5.74) is 10.9. The molecule has 6 nitrogen and oxygen atoms in total. The van der Waals surface area contributed by atoms with E-state index in [1.54, 1.807) is 20.8 Å². The van der Waals surface area contributed by atoms with Crippen LogP contribution in [-0.2, 0) is 6.42 Å². The molecule has 0 aliphatic rings. The van der Waals surface area contributed by atoms with Crippen molar-refractivity contribution in [3.8, 4) is 0 Å². The molecule has 252 valence electrons. The third-order valence-electron chi connectivity index (χ3n) is 7.04. The number of hydrogen-bond acceptors (Lipinski definition) is 6. The monoisotopic (exact) mass is 757 g/mol. The van der Waals surface area contributed by atoms with E-state index in [9.17, 15) is 5.11 Å². The molecule has 0 aliphatic heterocycles. The standard InChI is InChI=1S/C19H13ClN2.C10H9N.C8H4Cl2N2.C4H9O.K/c20-19-18(21-16-7-3-4-8-17(16)22-19)12-13-9-10-14-5-1-2-6-15(14)11-13;11-10-6-5-8-3-1-2-4-9(8)7-10;9-7-8(10)12-6-4-2-1-3-5(6)11-7;1-4(2,3)5;/h1-11H,12H2;1-7H,11H2;1-4H;1-3H3;/q;;;-1;+1. The molecule has 2 heterocycles. The number of nitrogens with two attached hydrogens (primary N) is 1. The van der Waals surface area contributed by atoms with E-state index in [1.807, 2.05) is 84.9 Å². The zero-order valence-electron chi connectivity index (χ0n) is 28.8. The normalized spacial score (nSPS) is 10.6. The molecule has 0 aliphatic carbocycles. The van der Waals surface area contributed by atoms with Crippen LogP contribution in [0.5, 0.6) is 0 Å². The van der Waals surface area contributed by atoms with Gasteiger partial charge in [0.1, 0.15) is 0 Å². The molecular weight excluding hydrogens is 724 g/mol. The Kier molecular flexibility index (Phi) is 15.1. The van der Waals surface area contributed by atoms with Gasteiger partial charge in [-0.2, -0.15) is 0 Å². The quantitative estimate of drug-likeness (QED) is 0.145. The molecule has 10 heteroatoms. The number of anilines is 1. The second kappa shape index (κ2) is 19.0. The Labute approximate surface area is 355 Å². The van der Waals surface area contributed by atoms with Crippen LogP contribution in [0.15, 0.2) is 133 Å². The van der Waals surface area contributed by atoms with Gasteiger partial charge in [-0.15, -0.1) is 5.60 Å². The van der Waals surface area contributed by atoms with Crippen molar-refractivity contribution < 1.29 is 56.5 Å². The minimum atomic E-state index is -0.750. The molecule has 2 aromatic heterocycles. The summed E-state index contributed by atoms with van der Waals surface area (Å²) in [6, 6.07) is 44.1. The van der Waals surface area contributed by atoms with Crippen molar-refractivity contribution >= 4 is 84.1 Å². The number of rotatable bonds is 2. The first-order valence-corrected chi connectivity index (χ1v) is 17.0. The average molecular weight is 759 g/mol. The summed E-state index contributed by atoms with van der Waals surface area (Å²) < 4.78 is 0. The fourth-order valence-electron chi connectivity index (χ4n) is 4.83. The van der Waals surface area contributed by atoms with E-state index >= 15 is 0 Å². The van der Waals surface area contributed by atoms with Crippen LogP contribution in [0.2, 0.25) is 15.5 Å². The van der Waals surface area contributed by atoms with Crippen LogP contribution < -0.4 is 62.2 Å². The molecule has 2 N–H and O–H groups in total. The molecule has 8 rings (SSSR count). The summed E-state index contributed by atoms with van der Waals surface area (Å²) in [5.74, 6) is 0. The van der Waals surface area contributed by atoms with Gasteiger partial charge >= 0.3 is 51.4 Å². The van der Waals surface area contributed by atoms with Gasteiger partial charge in [0.2, 0.25) is 0 Å². The van der Waals surface area contributed by atoms with Gasteiger partial charge in [0.25, 0.3) is 0 Å². The SMILES string of the molecule is CC(C)(C)[O-].Clc1nc2ccccc2nc1Cc1ccc2ccccc2c1.Clc1nc2ccccc2nc1Cl.Nc1ccc2ccccc2c1.[K+]. The molecule has 8 aromatic rings. The number of halogens is 3. The molecule has 0 bridgehead atoms. The van der Waals surface area contributed by atoms with Crippen molar-refractivity contribution in [1.82, 2.24) is 19.9 Å². The minimum absolute atomic E-state index is 0. The first-order chi connectivity index (χ1) is 23.9. The molecule has 0 atom stereocenters. The van der Waals surface area contributed by atoms with Crippen LogP contribution in [0, 0.1) is 0 Å². The van der Waals surface area contributed by atoms with Gasteiger partial charge in [-0.05, 0) is 63.5 Å². The van der Waals surface area contributed by atoms with Gasteiger partial charge in [-0.1, -0.05) is 153 Å². The van der Waals surface area contributed by atoms with E-state index in [2.05, 4.69) is 68.5 Å². The summed E-state index contributed by atoms with van der Waals surface area (Å²) in [5, 5.41) is 16.0. The van der Waals surface area contributed by atoms with Crippen molar-refractivity contribution in [2.75, 3.05) is 5.73 Å². The third kappa shape index (κ3) is 12.5. The Morgan fingerprint density at radius 1 is 0.510 bits per heavy atom. The topological polar surface area (TPSA) is 101 Å². The average Bonchev–Trinajstić information content (AvgIpc) is 3.09. The predicted octanol–water partition coefficient (Wildman–Crippen LogP) is 7.54. The molecule has 51 heavy (non-hydrogen) atoms. The molecule has 0 radical (unpaired) electrons. The summed E-state index contributed by atoms with van der Waals surface area (Å²) in [6.45, 7) is 4.90. The van der Waals surface area contributed by atoms with Crippen molar-refractivity contribution in [1.29, 1.82) is 0 Å². The first kappa shape index (κ1) is 40.6. The number of benzene rings is 6. The summed E-state index contributed by atoms with van der Waals surface area (Å²) in [7, 11) is 0. The number of para-hydroxylation sites is 4. The number of nitrogens with zero attached hydrogens (tertiary/aromatic N) is 4. The Bertz CT molecular complexity index is 2340. The molecule has 0 saturated heterocycles. The summed E-state index contributed by atoms with van der Waals surface area (Å²) >= 11 is 17.7. The van der Waals surface area contributed by atoms with Gasteiger partial charge in [-0.3, -0.25) is 0 Å². The first-order valence-electron chi connectivity index (χ1n) is 15.8. The van der Waals surface area contributed by atoms with E-state index in [4.69, 9.17) is 40.5 Å². The summed E-state index contributed by atoms with van der Waals surface area (Å²) in [6.07, 6.45) is 0.682. The third-order valence-corrected chi connectivity index (χ3v) is 7.97. The number of fused-ring (bicyclic) bond motifs is 4. The van der Waals surface area contributed by atoms with Gasteiger partial charge in [-0.25, -0.2) is 19.9 Å². The predicted molar refractivity (Wildman–Crippen MR) is 209 cm³/mol. The Balaban J connectivity index is 0.000000171. The molecule has 0 amide bonds. The molecule has 0 saturated carbocycles. The largest absolute Gasteiger partial charge is 1.00 e. The van der Waals surface area contributed by atoms with Crippen molar-refractivity contribution in [2.45, 2.75) is 32.8 Å². The van der Waals surface area contributed by atoms with Crippen LogP contribution >= 0.6 is 34.8 Å². The Morgan fingerprint density at radius 2 is 0.882 bits per heavy atom. The van der Waals surface area contributed by atoms with Crippen molar-refractivity contribution in [3.63, 3.8) is 0 Å².